The monoisotopic (exact) mass is 352 g/mol. The smallest absolute Gasteiger partial charge is 0.257 e. The third-order valence-electron chi connectivity index (χ3n) is 5.76. The van der Waals surface area contributed by atoms with Gasteiger partial charge < -0.3 is 10.2 Å². The SMILES string of the molecule is Cc1ccccc1-n1ncc(C(=O)N2CCC(NCC3CC3)CC2)c1C. The second-order valence-corrected chi connectivity index (χ2v) is 7.76. The van der Waals surface area contributed by atoms with Crippen LogP contribution in [0.3, 0.4) is 0 Å². The topological polar surface area (TPSA) is 50.2 Å². The van der Waals surface area contributed by atoms with E-state index >= 15 is 0 Å². The molecule has 1 N–H and O–H groups in total. The first-order valence-corrected chi connectivity index (χ1v) is 9.77. The summed E-state index contributed by atoms with van der Waals surface area (Å²) in [5, 5.41) is 8.16. The summed E-state index contributed by atoms with van der Waals surface area (Å²) in [5.41, 5.74) is 3.82. The molecule has 0 unspecified atom stereocenters. The molecule has 2 aromatic rings. The van der Waals surface area contributed by atoms with E-state index in [1.54, 1.807) is 6.20 Å². The number of benzene rings is 1. The van der Waals surface area contributed by atoms with E-state index in [0.29, 0.717) is 6.04 Å². The zero-order chi connectivity index (χ0) is 18.1. The first-order chi connectivity index (χ1) is 12.6. The summed E-state index contributed by atoms with van der Waals surface area (Å²) in [7, 11) is 0. The zero-order valence-electron chi connectivity index (χ0n) is 15.7. The summed E-state index contributed by atoms with van der Waals surface area (Å²) < 4.78 is 1.88. The number of piperidine rings is 1. The summed E-state index contributed by atoms with van der Waals surface area (Å²) in [6, 6.07) is 8.70. The van der Waals surface area contributed by atoms with Crippen molar-refractivity contribution in [1.29, 1.82) is 0 Å². The van der Waals surface area contributed by atoms with Gasteiger partial charge in [-0.2, -0.15) is 5.10 Å². The van der Waals surface area contributed by atoms with Gasteiger partial charge in [0.05, 0.1) is 23.1 Å². The molecule has 1 aliphatic carbocycles. The summed E-state index contributed by atoms with van der Waals surface area (Å²) in [4.78, 5) is 15.0. The number of para-hydroxylation sites is 1. The first kappa shape index (κ1) is 17.3. The van der Waals surface area contributed by atoms with Gasteiger partial charge in [-0.1, -0.05) is 18.2 Å². The Morgan fingerprint density at radius 1 is 1.15 bits per heavy atom. The number of likely N-dealkylation sites (tertiary alicyclic amines) is 1. The van der Waals surface area contributed by atoms with Crippen LogP contribution in [-0.2, 0) is 0 Å². The van der Waals surface area contributed by atoms with E-state index in [0.717, 1.165) is 60.9 Å². The Labute approximate surface area is 155 Å². The van der Waals surface area contributed by atoms with Crippen molar-refractivity contribution < 1.29 is 4.79 Å². The fraction of sp³-hybridized carbons (Fsp3) is 0.524. The van der Waals surface area contributed by atoms with Crippen molar-refractivity contribution >= 4 is 5.91 Å². The van der Waals surface area contributed by atoms with E-state index in [2.05, 4.69) is 23.4 Å². The van der Waals surface area contributed by atoms with Crippen LogP contribution < -0.4 is 5.32 Å². The molecule has 0 atom stereocenters. The van der Waals surface area contributed by atoms with Gasteiger partial charge in [0.2, 0.25) is 0 Å². The third kappa shape index (κ3) is 3.54. The fourth-order valence-electron chi connectivity index (χ4n) is 3.78. The Hall–Kier alpha value is -2.14. The molecule has 1 amide bonds. The van der Waals surface area contributed by atoms with Crippen LogP contribution in [0.25, 0.3) is 5.69 Å². The van der Waals surface area contributed by atoms with E-state index in [4.69, 9.17) is 0 Å². The summed E-state index contributed by atoms with van der Waals surface area (Å²) in [6.07, 6.45) is 6.58. The van der Waals surface area contributed by atoms with Crippen LogP contribution in [-0.4, -0.2) is 46.3 Å². The van der Waals surface area contributed by atoms with Gasteiger partial charge in [-0.15, -0.1) is 0 Å². The Kier molecular flexibility index (Phi) is 4.81. The average Bonchev–Trinajstić information content (AvgIpc) is 3.42. The molecule has 2 fully saturated rings. The minimum atomic E-state index is 0.114. The molecule has 1 saturated heterocycles. The van der Waals surface area contributed by atoms with Crippen LogP contribution in [0.4, 0.5) is 0 Å². The van der Waals surface area contributed by atoms with Gasteiger partial charge in [-0.3, -0.25) is 4.79 Å². The normalized spacial score (nSPS) is 18.3. The van der Waals surface area contributed by atoms with Crippen molar-refractivity contribution in [1.82, 2.24) is 20.0 Å². The highest BCUT2D eigenvalue weighted by atomic mass is 16.2. The standard InChI is InChI=1S/C21H28N4O/c1-15-5-3-4-6-20(15)25-16(2)19(14-23-25)21(26)24-11-9-18(10-12-24)22-13-17-7-8-17/h3-6,14,17-18,22H,7-13H2,1-2H3. The number of carbonyl (C=O) groups excluding carboxylic acids is 1. The first-order valence-electron chi connectivity index (χ1n) is 9.77. The molecular formula is C21H28N4O. The molecule has 1 aromatic carbocycles. The molecule has 5 heteroatoms. The molecule has 1 aliphatic heterocycles. The lowest BCUT2D eigenvalue weighted by Crippen LogP contribution is -2.45. The Balaban J connectivity index is 1.42. The summed E-state index contributed by atoms with van der Waals surface area (Å²) >= 11 is 0. The molecule has 5 nitrogen and oxygen atoms in total. The van der Waals surface area contributed by atoms with Crippen LogP contribution in [0.15, 0.2) is 30.5 Å². The maximum Gasteiger partial charge on any atom is 0.257 e. The third-order valence-corrected chi connectivity index (χ3v) is 5.76. The molecule has 0 bridgehead atoms. The van der Waals surface area contributed by atoms with Crippen molar-refractivity contribution in [2.45, 2.75) is 45.6 Å². The predicted molar refractivity (Wildman–Crippen MR) is 103 cm³/mol. The number of hydrogen-bond acceptors (Lipinski definition) is 3. The minimum absolute atomic E-state index is 0.114. The second kappa shape index (κ2) is 7.23. The number of hydrogen-bond donors (Lipinski definition) is 1. The van der Waals surface area contributed by atoms with Gasteiger partial charge in [0, 0.05) is 19.1 Å². The number of carbonyl (C=O) groups is 1. The second-order valence-electron chi connectivity index (χ2n) is 7.76. The predicted octanol–water partition coefficient (Wildman–Crippen LogP) is 3.09. The molecule has 2 aliphatic rings. The average molecular weight is 352 g/mol. The molecule has 4 rings (SSSR count). The van der Waals surface area contributed by atoms with Gasteiger partial charge in [-0.25, -0.2) is 4.68 Å². The lowest BCUT2D eigenvalue weighted by Gasteiger charge is -2.32. The van der Waals surface area contributed by atoms with Crippen molar-refractivity contribution in [3.63, 3.8) is 0 Å². The maximum absolute atomic E-state index is 13.0. The summed E-state index contributed by atoms with van der Waals surface area (Å²) in [6.45, 7) is 6.86. The van der Waals surface area contributed by atoms with Gasteiger partial charge >= 0.3 is 0 Å². The Bertz CT molecular complexity index is 785. The van der Waals surface area contributed by atoms with Crippen molar-refractivity contribution in [2.24, 2.45) is 5.92 Å². The van der Waals surface area contributed by atoms with Crippen LogP contribution >= 0.6 is 0 Å². The number of rotatable bonds is 5. The number of amides is 1. The molecular weight excluding hydrogens is 324 g/mol. The van der Waals surface area contributed by atoms with Crippen LogP contribution in [0.5, 0.6) is 0 Å². The summed E-state index contributed by atoms with van der Waals surface area (Å²) in [5.74, 6) is 1.02. The quantitative estimate of drug-likeness (QED) is 0.900. The van der Waals surface area contributed by atoms with E-state index < -0.39 is 0 Å². The highest BCUT2D eigenvalue weighted by Crippen LogP contribution is 2.28. The lowest BCUT2D eigenvalue weighted by atomic mass is 10.0. The number of nitrogens with one attached hydrogen (secondary N) is 1. The molecule has 0 spiro atoms. The largest absolute Gasteiger partial charge is 0.338 e. The van der Waals surface area contributed by atoms with Crippen molar-refractivity contribution in [2.75, 3.05) is 19.6 Å². The lowest BCUT2D eigenvalue weighted by molar-refractivity contribution is 0.0704. The van der Waals surface area contributed by atoms with Gasteiger partial charge in [-0.05, 0) is 63.6 Å². The minimum Gasteiger partial charge on any atom is -0.338 e. The van der Waals surface area contributed by atoms with Crippen molar-refractivity contribution in [3.05, 3.63) is 47.3 Å². The number of nitrogens with zero attached hydrogens (tertiary/aromatic N) is 3. The molecule has 1 saturated carbocycles. The highest BCUT2D eigenvalue weighted by molar-refractivity contribution is 5.95. The van der Waals surface area contributed by atoms with Crippen LogP contribution in [0, 0.1) is 19.8 Å². The zero-order valence-corrected chi connectivity index (χ0v) is 15.7. The highest BCUT2D eigenvalue weighted by Gasteiger charge is 2.28. The fourth-order valence-corrected chi connectivity index (χ4v) is 3.78. The Morgan fingerprint density at radius 2 is 1.88 bits per heavy atom. The van der Waals surface area contributed by atoms with Gasteiger partial charge in [0.1, 0.15) is 0 Å². The van der Waals surface area contributed by atoms with E-state index in [-0.39, 0.29) is 5.91 Å². The van der Waals surface area contributed by atoms with Crippen LogP contribution in [0.1, 0.15) is 47.3 Å². The molecule has 1 aromatic heterocycles. The van der Waals surface area contributed by atoms with Gasteiger partial charge in [0.25, 0.3) is 5.91 Å². The maximum atomic E-state index is 13.0. The molecule has 2 heterocycles. The number of aromatic nitrogens is 2. The van der Waals surface area contributed by atoms with E-state index in [9.17, 15) is 4.79 Å². The molecule has 26 heavy (non-hydrogen) atoms. The number of aryl methyl sites for hydroxylation is 1. The van der Waals surface area contributed by atoms with Crippen LogP contribution in [0.2, 0.25) is 0 Å². The molecule has 138 valence electrons. The van der Waals surface area contributed by atoms with E-state index in [1.807, 2.05) is 34.7 Å². The van der Waals surface area contributed by atoms with Gasteiger partial charge in [0.15, 0.2) is 0 Å². The van der Waals surface area contributed by atoms with E-state index in [1.165, 1.54) is 12.8 Å². The van der Waals surface area contributed by atoms with Crippen molar-refractivity contribution in [3.8, 4) is 5.69 Å². The molecule has 0 radical (unpaired) electrons. The Morgan fingerprint density at radius 3 is 2.58 bits per heavy atom.